The lowest BCUT2D eigenvalue weighted by Crippen LogP contribution is -2.32. The van der Waals surface area contributed by atoms with Gasteiger partial charge in [0.05, 0.1) is 16.6 Å². The Kier molecular flexibility index (Phi) is 8.27. The molecule has 0 atom stereocenters. The number of halogens is 6. The Morgan fingerprint density at radius 3 is 2.11 bits per heavy atom. The largest absolute Gasteiger partial charge is 0.480 e. The molecule has 4 aromatic rings. The average molecular weight is 648 g/mol. The van der Waals surface area contributed by atoms with Gasteiger partial charge in [0, 0.05) is 37.1 Å². The van der Waals surface area contributed by atoms with Crippen molar-refractivity contribution in [2.45, 2.75) is 64.6 Å². The molecule has 0 amide bonds. The number of hydrogen-bond donors (Lipinski definition) is 1. The summed E-state index contributed by atoms with van der Waals surface area (Å²) in [5, 5.41) is 21.5. The SMILES string of the molecule is Cc1cccc2cc(CN(Cc3cc(C(F)(F)F)cc(C(F)(F)F)c3)c3nnnn3CC(=O)O)c(N(CC3CC3)CC3CC3)nc12. The molecule has 46 heavy (non-hydrogen) atoms. The van der Waals surface area contributed by atoms with Crippen LogP contribution in [0.5, 0.6) is 0 Å². The van der Waals surface area contributed by atoms with E-state index in [9.17, 15) is 36.2 Å². The molecule has 1 N–H and O–H groups in total. The first kappa shape index (κ1) is 31.5. The van der Waals surface area contributed by atoms with E-state index in [1.54, 1.807) is 0 Å². The Morgan fingerprint density at radius 1 is 0.913 bits per heavy atom. The molecule has 6 rings (SSSR count). The highest BCUT2D eigenvalue weighted by Crippen LogP contribution is 2.39. The number of rotatable bonds is 12. The standard InChI is InChI=1S/C31H31F6N7O2/c1-18-3-2-4-22-11-23(28(38-27(18)22)42(13-19-5-6-19)14-20-7-8-20)16-43(29-39-40-41-44(29)17-26(45)46)15-21-9-24(30(32,33)34)12-25(10-21)31(35,36)37/h2-4,9-12,19-20H,5-8,13-17H2,1H3,(H,45,46). The van der Waals surface area contributed by atoms with Gasteiger partial charge in [0.15, 0.2) is 0 Å². The quantitative estimate of drug-likeness (QED) is 0.174. The molecule has 2 aliphatic carbocycles. The number of benzene rings is 2. The first-order valence-electron chi connectivity index (χ1n) is 14.9. The molecule has 244 valence electrons. The molecule has 15 heteroatoms. The van der Waals surface area contributed by atoms with E-state index < -0.39 is 42.5 Å². The Bertz CT molecular complexity index is 1700. The van der Waals surface area contributed by atoms with Crippen molar-refractivity contribution in [3.8, 4) is 0 Å². The minimum absolute atomic E-state index is 0.0731. The van der Waals surface area contributed by atoms with Gasteiger partial charge in [-0.15, -0.1) is 0 Å². The van der Waals surface area contributed by atoms with E-state index in [1.165, 1.54) is 4.90 Å². The third-order valence-corrected chi connectivity index (χ3v) is 8.22. The molecule has 2 saturated carbocycles. The predicted octanol–water partition coefficient (Wildman–Crippen LogP) is 6.49. The van der Waals surface area contributed by atoms with Crippen molar-refractivity contribution >= 4 is 28.6 Å². The summed E-state index contributed by atoms with van der Waals surface area (Å²) in [4.78, 5) is 20.3. The number of aromatic nitrogens is 5. The maximum atomic E-state index is 13.7. The van der Waals surface area contributed by atoms with Gasteiger partial charge in [0.1, 0.15) is 12.4 Å². The molecule has 0 radical (unpaired) electrons. The fraction of sp³-hybridized carbons (Fsp3) is 0.452. The second-order valence-electron chi connectivity index (χ2n) is 12.2. The average Bonchev–Trinajstić information content (AvgIpc) is 3.91. The molecule has 0 spiro atoms. The van der Waals surface area contributed by atoms with E-state index >= 15 is 0 Å². The van der Waals surface area contributed by atoms with Crippen molar-refractivity contribution in [1.29, 1.82) is 0 Å². The van der Waals surface area contributed by atoms with Crippen LogP contribution in [-0.4, -0.2) is 49.4 Å². The summed E-state index contributed by atoms with van der Waals surface area (Å²) in [6.07, 6.45) is -5.70. The minimum atomic E-state index is -5.04. The molecule has 0 aliphatic heterocycles. The van der Waals surface area contributed by atoms with Crippen LogP contribution in [0.3, 0.4) is 0 Å². The first-order chi connectivity index (χ1) is 21.7. The number of alkyl halides is 6. The van der Waals surface area contributed by atoms with Gasteiger partial charge < -0.3 is 14.9 Å². The van der Waals surface area contributed by atoms with Crippen LogP contribution in [0.2, 0.25) is 0 Å². The Labute approximate surface area is 259 Å². The van der Waals surface area contributed by atoms with Crippen LogP contribution >= 0.6 is 0 Å². The number of fused-ring (bicyclic) bond motifs is 1. The lowest BCUT2D eigenvalue weighted by atomic mass is 10.0. The third kappa shape index (κ3) is 7.34. The molecular weight excluding hydrogens is 616 g/mol. The van der Waals surface area contributed by atoms with Gasteiger partial charge in [-0.1, -0.05) is 23.3 Å². The fourth-order valence-corrected chi connectivity index (χ4v) is 5.63. The van der Waals surface area contributed by atoms with E-state index in [0.717, 1.165) is 59.9 Å². The number of aliphatic carboxylic acids is 1. The topological polar surface area (TPSA) is 100 Å². The molecule has 2 fully saturated rings. The highest BCUT2D eigenvalue weighted by Gasteiger charge is 2.37. The van der Waals surface area contributed by atoms with E-state index in [1.807, 2.05) is 31.2 Å². The van der Waals surface area contributed by atoms with Gasteiger partial charge in [-0.05, 0) is 90.3 Å². The van der Waals surface area contributed by atoms with E-state index in [2.05, 4.69) is 20.4 Å². The fourth-order valence-electron chi connectivity index (χ4n) is 5.63. The van der Waals surface area contributed by atoms with Crippen LogP contribution in [0.25, 0.3) is 10.9 Å². The summed E-state index contributed by atoms with van der Waals surface area (Å²) in [7, 11) is 0. The Morgan fingerprint density at radius 2 is 1.54 bits per heavy atom. The second kappa shape index (κ2) is 12.1. The lowest BCUT2D eigenvalue weighted by molar-refractivity contribution is -0.143. The Hall–Kier alpha value is -4.43. The maximum absolute atomic E-state index is 13.7. The zero-order valence-electron chi connectivity index (χ0n) is 24.8. The summed E-state index contributed by atoms with van der Waals surface area (Å²) in [6, 6.07) is 9.01. The number of carbonyl (C=O) groups is 1. The number of pyridine rings is 1. The highest BCUT2D eigenvalue weighted by molar-refractivity contribution is 5.84. The second-order valence-corrected chi connectivity index (χ2v) is 12.2. The number of anilines is 2. The molecule has 2 aliphatic rings. The molecule has 9 nitrogen and oxygen atoms in total. The first-order valence-corrected chi connectivity index (χ1v) is 14.9. The van der Waals surface area contributed by atoms with E-state index in [-0.39, 0.29) is 24.1 Å². The maximum Gasteiger partial charge on any atom is 0.416 e. The van der Waals surface area contributed by atoms with Crippen molar-refractivity contribution in [1.82, 2.24) is 25.2 Å². The van der Waals surface area contributed by atoms with Crippen LogP contribution in [0, 0.1) is 18.8 Å². The smallest absolute Gasteiger partial charge is 0.416 e. The summed E-state index contributed by atoms with van der Waals surface area (Å²) in [5.74, 6) is 0.273. The molecule has 2 heterocycles. The van der Waals surface area contributed by atoms with Gasteiger partial charge in [-0.3, -0.25) is 4.79 Å². The van der Waals surface area contributed by atoms with Gasteiger partial charge in [0.2, 0.25) is 5.95 Å². The number of carboxylic acid groups (broad SMARTS) is 1. The van der Waals surface area contributed by atoms with Crippen LogP contribution < -0.4 is 9.80 Å². The van der Waals surface area contributed by atoms with E-state index in [0.29, 0.717) is 35.3 Å². The number of carboxylic acids is 1. The summed E-state index contributed by atoms with van der Waals surface area (Å²) in [5.41, 5.74) is -0.808. The zero-order chi connectivity index (χ0) is 32.8. The lowest BCUT2D eigenvalue weighted by Gasteiger charge is -2.30. The van der Waals surface area contributed by atoms with Crippen molar-refractivity contribution in [3.63, 3.8) is 0 Å². The zero-order valence-corrected chi connectivity index (χ0v) is 24.8. The predicted molar refractivity (Wildman–Crippen MR) is 156 cm³/mol. The Balaban J connectivity index is 1.47. The molecule has 2 aromatic heterocycles. The van der Waals surface area contributed by atoms with Gasteiger partial charge >= 0.3 is 18.3 Å². The normalized spacial score (nSPS) is 15.4. The summed E-state index contributed by atoms with van der Waals surface area (Å²) >= 11 is 0. The van der Waals surface area contributed by atoms with Gasteiger partial charge in [-0.2, -0.15) is 26.3 Å². The van der Waals surface area contributed by atoms with Crippen molar-refractivity contribution in [2.24, 2.45) is 11.8 Å². The molecule has 0 bridgehead atoms. The van der Waals surface area contributed by atoms with Crippen molar-refractivity contribution < 1.29 is 36.2 Å². The molecular formula is C31H31F6N7O2. The van der Waals surface area contributed by atoms with Crippen molar-refractivity contribution in [3.05, 3.63) is 70.3 Å². The number of tetrazole rings is 1. The number of hydrogen-bond acceptors (Lipinski definition) is 7. The van der Waals surface area contributed by atoms with Gasteiger partial charge in [-0.25, -0.2) is 9.67 Å². The monoisotopic (exact) mass is 647 g/mol. The summed E-state index contributed by atoms with van der Waals surface area (Å²) in [6.45, 7) is 2.26. The van der Waals surface area contributed by atoms with E-state index in [4.69, 9.17) is 4.98 Å². The highest BCUT2D eigenvalue weighted by atomic mass is 19.4. The van der Waals surface area contributed by atoms with Crippen LogP contribution in [0.1, 0.15) is 53.5 Å². The third-order valence-electron chi connectivity index (χ3n) is 8.22. The van der Waals surface area contributed by atoms with Crippen LogP contribution in [0.15, 0.2) is 42.5 Å². The van der Waals surface area contributed by atoms with Crippen molar-refractivity contribution in [2.75, 3.05) is 22.9 Å². The number of nitrogens with zero attached hydrogens (tertiary/aromatic N) is 7. The van der Waals surface area contributed by atoms with Crippen LogP contribution in [-0.2, 0) is 36.8 Å². The molecule has 0 saturated heterocycles. The number of aryl methyl sites for hydroxylation is 1. The number of para-hydroxylation sites is 1. The summed E-state index contributed by atoms with van der Waals surface area (Å²) < 4.78 is 83.4. The van der Waals surface area contributed by atoms with Gasteiger partial charge in [0.25, 0.3) is 0 Å². The minimum Gasteiger partial charge on any atom is -0.480 e. The molecule has 2 aromatic carbocycles. The molecule has 0 unspecified atom stereocenters. The van der Waals surface area contributed by atoms with Crippen LogP contribution in [0.4, 0.5) is 38.1 Å².